The summed E-state index contributed by atoms with van der Waals surface area (Å²) in [6.45, 7) is 0. The SMILES string of the molecule is O=S(=O)(O)O.OC=CO. The molecule has 9 heavy (non-hydrogen) atoms. The highest BCUT2D eigenvalue weighted by atomic mass is 32.3. The van der Waals surface area contributed by atoms with Gasteiger partial charge in [0.1, 0.15) is 12.5 Å². The first-order valence-electron chi connectivity index (χ1n) is 1.55. The molecular formula is C2H6O6S. The summed E-state index contributed by atoms with van der Waals surface area (Å²) < 4.78 is 31.6. The summed E-state index contributed by atoms with van der Waals surface area (Å²) >= 11 is 0. The molecule has 0 saturated carbocycles. The molecule has 0 fully saturated rings. The van der Waals surface area contributed by atoms with E-state index in [4.69, 9.17) is 27.7 Å². The molecule has 7 heteroatoms. The lowest BCUT2D eigenvalue weighted by Crippen LogP contribution is -1.89. The van der Waals surface area contributed by atoms with Crippen LogP contribution in [0.4, 0.5) is 0 Å². The van der Waals surface area contributed by atoms with Crippen molar-refractivity contribution in [2.45, 2.75) is 0 Å². The lowest BCUT2D eigenvalue weighted by atomic mass is 11.1. The van der Waals surface area contributed by atoms with Gasteiger partial charge in [-0.3, -0.25) is 9.11 Å². The number of hydrogen-bond donors (Lipinski definition) is 4. The third-order valence-electron chi connectivity index (χ3n) is 0.0667. The van der Waals surface area contributed by atoms with Gasteiger partial charge in [0.25, 0.3) is 0 Å². The number of aliphatic hydroxyl groups is 2. The molecule has 0 aliphatic rings. The molecule has 0 saturated heterocycles. The van der Waals surface area contributed by atoms with E-state index in [0.29, 0.717) is 12.5 Å². The smallest absolute Gasteiger partial charge is 0.394 e. The second kappa shape index (κ2) is 5.35. The van der Waals surface area contributed by atoms with Crippen LogP contribution in [0.3, 0.4) is 0 Å². The van der Waals surface area contributed by atoms with Crippen LogP contribution in [0.25, 0.3) is 0 Å². The summed E-state index contributed by atoms with van der Waals surface area (Å²) in [7, 11) is -4.67. The third kappa shape index (κ3) is 4440. The second-order valence-electron chi connectivity index (χ2n) is 0.746. The van der Waals surface area contributed by atoms with Crippen LogP contribution < -0.4 is 0 Å². The van der Waals surface area contributed by atoms with E-state index < -0.39 is 10.4 Å². The van der Waals surface area contributed by atoms with Crippen LogP contribution in [0, 0.1) is 0 Å². The average molecular weight is 158 g/mol. The van der Waals surface area contributed by atoms with E-state index in [2.05, 4.69) is 0 Å². The Morgan fingerprint density at radius 3 is 1.11 bits per heavy atom. The Hall–Kier alpha value is -0.790. The summed E-state index contributed by atoms with van der Waals surface area (Å²) in [5, 5.41) is 14.9. The number of aliphatic hydroxyl groups excluding tert-OH is 2. The molecule has 0 aromatic carbocycles. The minimum Gasteiger partial charge on any atom is -0.512 e. The summed E-state index contributed by atoms with van der Waals surface area (Å²) in [6.07, 6.45) is 1.11. The molecule has 0 unspecified atom stereocenters. The van der Waals surface area contributed by atoms with Gasteiger partial charge in [0, 0.05) is 0 Å². The summed E-state index contributed by atoms with van der Waals surface area (Å²) in [5.74, 6) is 0. The highest BCUT2D eigenvalue weighted by Gasteiger charge is 1.84. The van der Waals surface area contributed by atoms with Crippen molar-refractivity contribution >= 4 is 10.4 Å². The predicted molar refractivity (Wildman–Crippen MR) is 28.6 cm³/mol. The van der Waals surface area contributed by atoms with Gasteiger partial charge < -0.3 is 10.2 Å². The second-order valence-corrected chi connectivity index (χ2v) is 1.64. The molecule has 6 nitrogen and oxygen atoms in total. The summed E-state index contributed by atoms with van der Waals surface area (Å²) in [6, 6.07) is 0. The standard InChI is InChI=1S/C2H4O2.H2O4S/c3-1-2-4;1-5(2,3)4/h1-4H;(H2,1,2,3,4). The van der Waals surface area contributed by atoms with Crippen LogP contribution >= 0.6 is 0 Å². The zero-order chi connectivity index (χ0) is 7.91. The van der Waals surface area contributed by atoms with Gasteiger partial charge in [-0.2, -0.15) is 8.42 Å². The molecule has 0 radical (unpaired) electrons. The quantitative estimate of drug-likeness (QED) is 0.289. The molecule has 0 rings (SSSR count). The van der Waals surface area contributed by atoms with E-state index in [1.165, 1.54) is 0 Å². The third-order valence-corrected chi connectivity index (χ3v) is 0.0667. The number of hydrogen-bond acceptors (Lipinski definition) is 4. The van der Waals surface area contributed by atoms with Crippen LogP contribution in [0.5, 0.6) is 0 Å². The molecule has 0 aliphatic carbocycles. The molecule has 0 bridgehead atoms. The highest BCUT2D eigenvalue weighted by Crippen LogP contribution is 1.59. The first-order valence-corrected chi connectivity index (χ1v) is 2.95. The van der Waals surface area contributed by atoms with E-state index in [1.807, 2.05) is 0 Å². The molecule has 0 aromatic heterocycles. The van der Waals surface area contributed by atoms with Gasteiger partial charge >= 0.3 is 10.4 Å². The van der Waals surface area contributed by atoms with Crippen molar-refractivity contribution in [2.75, 3.05) is 0 Å². The maximum atomic E-state index is 8.74. The largest absolute Gasteiger partial charge is 0.512 e. The summed E-state index contributed by atoms with van der Waals surface area (Å²) in [4.78, 5) is 0. The Bertz CT molecular complexity index is 142. The number of rotatable bonds is 0. The van der Waals surface area contributed by atoms with Crippen LogP contribution in [0.2, 0.25) is 0 Å². The lowest BCUT2D eigenvalue weighted by Gasteiger charge is -1.68. The van der Waals surface area contributed by atoms with E-state index in [1.54, 1.807) is 0 Å². The van der Waals surface area contributed by atoms with Crippen LogP contribution in [0.15, 0.2) is 12.5 Å². The van der Waals surface area contributed by atoms with Crippen LogP contribution in [-0.4, -0.2) is 27.7 Å². The normalized spacial score (nSPS) is 10.4. The molecule has 0 aliphatic heterocycles. The molecule has 0 spiro atoms. The molecule has 0 heterocycles. The average Bonchev–Trinajstić information content (AvgIpc) is 1.61. The van der Waals surface area contributed by atoms with E-state index >= 15 is 0 Å². The van der Waals surface area contributed by atoms with Crippen molar-refractivity contribution in [3.05, 3.63) is 12.5 Å². The van der Waals surface area contributed by atoms with Crippen LogP contribution in [-0.2, 0) is 10.4 Å². The fourth-order valence-electron chi connectivity index (χ4n) is 0. The molecule has 0 amide bonds. The van der Waals surface area contributed by atoms with Gasteiger partial charge in [-0.1, -0.05) is 0 Å². The zero-order valence-corrected chi connectivity index (χ0v) is 4.98. The van der Waals surface area contributed by atoms with Gasteiger partial charge in [0.2, 0.25) is 0 Å². The van der Waals surface area contributed by atoms with Crippen molar-refractivity contribution < 1.29 is 27.7 Å². The van der Waals surface area contributed by atoms with Gasteiger partial charge in [0.05, 0.1) is 0 Å². The monoisotopic (exact) mass is 158 g/mol. The highest BCUT2D eigenvalue weighted by molar-refractivity contribution is 7.79. The molecule has 0 atom stereocenters. The fourth-order valence-corrected chi connectivity index (χ4v) is 0. The van der Waals surface area contributed by atoms with Gasteiger partial charge in [-0.25, -0.2) is 0 Å². The van der Waals surface area contributed by atoms with E-state index in [9.17, 15) is 0 Å². The van der Waals surface area contributed by atoms with Gasteiger partial charge in [-0.05, 0) is 0 Å². The fraction of sp³-hybridized carbons (Fsp3) is 0. The Morgan fingerprint density at radius 1 is 1.00 bits per heavy atom. The predicted octanol–water partition coefficient (Wildman–Crippen LogP) is -0.0792. The van der Waals surface area contributed by atoms with Crippen molar-refractivity contribution in [1.82, 2.24) is 0 Å². The minimum absolute atomic E-state index is 0.556. The van der Waals surface area contributed by atoms with Crippen molar-refractivity contribution in [2.24, 2.45) is 0 Å². The van der Waals surface area contributed by atoms with Crippen molar-refractivity contribution in [1.29, 1.82) is 0 Å². The Morgan fingerprint density at radius 2 is 1.11 bits per heavy atom. The van der Waals surface area contributed by atoms with E-state index in [-0.39, 0.29) is 0 Å². The van der Waals surface area contributed by atoms with Gasteiger partial charge in [-0.15, -0.1) is 0 Å². The molecule has 0 aromatic rings. The van der Waals surface area contributed by atoms with Crippen LogP contribution in [0.1, 0.15) is 0 Å². The maximum Gasteiger partial charge on any atom is 0.394 e. The zero-order valence-electron chi connectivity index (χ0n) is 4.17. The lowest BCUT2D eigenvalue weighted by molar-refractivity contribution is 0.381. The van der Waals surface area contributed by atoms with Gasteiger partial charge in [0.15, 0.2) is 0 Å². The first kappa shape index (κ1) is 11.1. The summed E-state index contributed by atoms with van der Waals surface area (Å²) in [5.41, 5.74) is 0. The molecule has 56 valence electrons. The van der Waals surface area contributed by atoms with E-state index in [0.717, 1.165) is 0 Å². The maximum absolute atomic E-state index is 8.74. The first-order chi connectivity index (χ1) is 3.91. The topological polar surface area (TPSA) is 115 Å². The minimum atomic E-state index is -4.67. The Labute approximate surface area is 51.6 Å². The Balaban J connectivity index is 0. The molecular weight excluding hydrogens is 152 g/mol. The molecule has 4 N–H and O–H groups in total. The Kier molecular flexibility index (Phi) is 6.58. The van der Waals surface area contributed by atoms with Crippen molar-refractivity contribution in [3.8, 4) is 0 Å². The van der Waals surface area contributed by atoms with Crippen molar-refractivity contribution in [3.63, 3.8) is 0 Å².